The van der Waals surface area contributed by atoms with Crippen LogP contribution in [0.25, 0.3) is 0 Å². The van der Waals surface area contributed by atoms with Crippen LogP contribution in [0, 0.1) is 0 Å². The van der Waals surface area contributed by atoms with Gasteiger partial charge in [-0.1, -0.05) is 0 Å². The second-order valence-corrected chi connectivity index (χ2v) is 9.39. The van der Waals surface area contributed by atoms with E-state index in [0.29, 0.717) is 18.7 Å². The van der Waals surface area contributed by atoms with E-state index in [-0.39, 0.29) is 29.1 Å². The Morgan fingerprint density at radius 2 is 1.65 bits per heavy atom. The number of hydrogen-bond acceptors (Lipinski definition) is 4. The summed E-state index contributed by atoms with van der Waals surface area (Å²) in [5.41, 5.74) is 0.543. The second-order valence-electron chi connectivity index (χ2n) is 7.45. The monoisotopic (exact) mass is 380 g/mol. The van der Waals surface area contributed by atoms with Gasteiger partial charge in [0, 0.05) is 31.2 Å². The lowest BCUT2D eigenvalue weighted by Crippen LogP contribution is -2.48. The highest BCUT2D eigenvalue weighted by atomic mass is 32.2. The molecule has 1 aromatic carbocycles. The fourth-order valence-corrected chi connectivity index (χ4v) is 5.40. The summed E-state index contributed by atoms with van der Waals surface area (Å²) in [7, 11) is -3.58. The molecule has 3 rings (SSSR count). The molecule has 2 saturated heterocycles. The minimum Gasteiger partial charge on any atom is -0.373 e. The molecule has 2 aliphatic rings. The Bertz CT molecular complexity index is 737. The summed E-state index contributed by atoms with van der Waals surface area (Å²) in [4.78, 5) is 14.8. The number of carbonyl (C=O) groups is 1. The summed E-state index contributed by atoms with van der Waals surface area (Å²) in [6.45, 7) is 7.27. The zero-order valence-electron chi connectivity index (χ0n) is 15.7. The Morgan fingerprint density at radius 1 is 1.04 bits per heavy atom. The van der Waals surface area contributed by atoms with Crippen LogP contribution in [0.3, 0.4) is 0 Å². The van der Waals surface area contributed by atoms with E-state index >= 15 is 0 Å². The van der Waals surface area contributed by atoms with Crippen molar-refractivity contribution in [1.82, 2.24) is 9.21 Å². The first-order valence-electron chi connectivity index (χ1n) is 9.35. The summed E-state index contributed by atoms with van der Waals surface area (Å²) in [5.74, 6) is -0.0187. The molecular weight excluding hydrogens is 352 g/mol. The Morgan fingerprint density at radius 3 is 2.23 bits per heavy atom. The number of hydrogen-bond donors (Lipinski definition) is 0. The standard InChI is InChI=1S/C19H28N2O4S/c1-14-6-4-5-11-21(14)19(22)17-7-9-18(10-8-17)26(23,24)20-12-15(2)25-16(3)13-20/h7-10,14-16H,4-6,11-13H2,1-3H3/t14-,15-,16-/m1/s1. The van der Waals surface area contributed by atoms with Crippen molar-refractivity contribution in [2.45, 2.75) is 63.2 Å². The normalized spacial score (nSPS) is 28.1. The molecule has 0 unspecified atom stereocenters. The van der Waals surface area contributed by atoms with E-state index < -0.39 is 10.0 Å². The number of ether oxygens (including phenoxy) is 1. The number of piperidine rings is 1. The van der Waals surface area contributed by atoms with E-state index in [2.05, 4.69) is 6.92 Å². The second kappa shape index (κ2) is 7.66. The van der Waals surface area contributed by atoms with Gasteiger partial charge < -0.3 is 9.64 Å². The molecule has 0 N–H and O–H groups in total. The first-order chi connectivity index (χ1) is 12.3. The summed E-state index contributed by atoms with van der Waals surface area (Å²) >= 11 is 0. The third kappa shape index (κ3) is 3.94. The van der Waals surface area contributed by atoms with Crippen molar-refractivity contribution >= 4 is 15.9 Å². The van der Waals surface area contributed by atoms with Gasteiger partial charge in [-0.2, -0.15) is 4.31 Å². The van der Waals surface area contributed by atoms with Crippen LogP contribution in [0.1, 0.15) is 50.4 Å². The molecule has 0 aromatic heterocycles. The Labute approximate surface area is 156 Å². The number of benzene rings is 1. The number of morpholine rings is 1. The molecule has 7 heteroatoms. The predicted molar refractivity (Wildman–Crippen MR) is 99.6 cm³/mol. The minimum atomic E-state index is -3.58. The molecule has 2 aliphatic heterocycles. The fraction of sp³-hybridized carbons (Fsp3) is 0.632. The molecule has 3 atom stereocenters. The lowest BCUT2D eigenvalue weighted by molar-refractivity contribution is -0.0440. The fourth-order valence-electron chi connectivity index (χ4n) is 3.81. The van der Waals surface area contributed by atoms with Gasteiger partial charge in [0.05, 0.1) is 17.1 Å². The number of likely N-dealkylation sites (tertiary alicyclic amines) is 1. The number of amides is 1. The van der Waals surface area contributed by atoms with Gasteiger partial charge in [-0.15, -0.1) is 0 Å². The van der Waals surface area contributed by atoms with Crippen LogP contribution in [-0.4, -0.2) is 61.4 Å². The molecular formula is C19H28N2O4S. The van der Waals surface area contributed by atoms with Crippen molar-refractivity contribution in [1.29, 1.82) is 0 Å². The minimum absolute atomic E-state index is 0.0187. The first-order valence-corrected chi connectivity index (χ1v) is 10.8. The van der Waals surface area contributed by atoms with Crippen molar-refractivity contribution in [2.75, 3.05) is 19.6 Å². The van der Waals surface area contributed by atoms with Crippen molar-refractivity contribution in [3.8, 4) is 0 Å². The smallest absolute Gasteiger partial charge is 0.254 e. The Hall–Kier alpha value is -1.44. The lowest BCUT2D eigenvalue weighted by Gasteiger charge is -2.34. The molecule has 144 valence electrons. The molecule has 0 saturated carbocycles. The Balaban J connectivity index is 1.77. The van der Waals surface area contributed by atoms with E-state index in [0.717, 1.165) is 25.8 Å². The number of nitrogens with zero attached hydrogens (tertiary/aromatic N) is 2. The maximum absolute atomic E-state index is 12.9. The highest BCUT2D eigenvalue weighted by Crippen LogP contribution is 2.23. The van der Waals surface area contributed by atoms with E-state index in [4.69, 9.17) is 4.74 Å². The molecule has 0 spiro atoms. The van der Waals surface area contributed by atoms with Gasteiger partial charge in [-0.3, -0.25) is 4.79 Å². The maximum Gasteiger partial charge on any atom is 0.254 e. The first kappa shape index (κ1) is 19.3. The molecule has 2 fully saturated rings. The summed E-state index contributed by atoms with van der Waals surface area (Å²) in [6, 6.07) is 6.58. The average molecular weight is 381 g/mol. The van der Waals surface area contributed by atoms with Crippen molar-refractivity contribution < 1.29 is 17.9 Å². The molecule has 26 heavy (non-hydrogen) atoms. The van der Waals surface area contributed by atoms with Crippen LogP contribution < -0.4 is 0 Å². The Kier molecular flexibility index (Phi) is 5.69. The highest BCUT2D eigenvalue weighted by Gasteiger charge is 2.32. The van der Waals surface area contributed by atoms with Gasteiger partial charge >= 0.3 is 0 Å². The number of rotatable bonds is 3. The van der Waals surface area contributed by atoms with Crippen LogP contribution in [0.5, 0.6) is 0 Å². The zero-order chi connectivity index (χ0) is 18.9. The molecule has 1 amide bonds. The van der Waals surface area contributed by atoms with Gasteiger partial charge in [-0.05, 0) is 64.3 Å². The van der Waals surface area contributed by atoms with E-state index in [1.54, 1.807) is 24.3 Å². The van der Waals surface area contributed by atoms with Crippen LogP contribution in [0.4, 0.5) is 0 Å². The van der Waals surface area contributed by atoms with Gasteiger partial charge in [0.2, 0.25) is 10.0 Å². The van der Waals surface area contributed by atoms with Gasteiger partial charge in [0.1, 0.15) is 0 Å². The van der Waals surface area contributed by atoms with Crippen LogP contribution in [0.15, 0.2) is 29.2 Å². The van der Waals surface area contributed by atoms with Gasteiger partial charge in [-0.25, -0.2) is 8.42 Å². The summed E-state index contributed by atoms with van der Waals surface area (Å²) in [5, 5.41) is 0. The van der Waals surface area contributed by atoms with Crippen molar-refractivity contribution in [3.63, 3.8) is 0 Å². The zero-order valence-corrected chi connectivity index (χ0v) is 16.5. The highest BCUT2D eigenvalue weighted by molar-refractivity contribution is 7.89. The summed E-state index contributed by atoms with van der Waals surface area (Å²) < 4.78 is 32.9. The number of carbonyl (C=O) groups excluding carboxylic acids is 1. The predicted octanol–water partition coefficient (Wildman–Crippen LogP) is 2.50. The van der Waals surface area contributed by atoms with E-state index in [1.165, 1.54) is 4.31 Å². The maximum atomic E-state index is 12.9. The third-order valence-electron chi connectivity index (χ3n) is 5.19. The summed E-state index contributed by atoms with van der Waals surface area (Å²) in [6.07, 6.45) is 2.94. The third-order valence-corrected chi connectivity index (χ3v) is 7.03. The van der Waals surface area contributed by atoms with Crippen LogP contribution in [0.2, 0.25) is 0 Å². The molecule has 0 bridgehead atoms. The van der Waals surface area contributed by atoms with Gasteiger partial charge in [0.25, 0.3) is 5.91 Å². The molecule has 0 radical (unpaired) electrons. The van der Waals surface area contributed by atoms with E-state index in [1.807, 2.05) is 18.7 Å². The quantitative estimate of drug-likeness (QED) is 0.808. The lowest BCUT2D eigenvalue weighted by atomic mass is 10.0. The molecule has 1 aromatic rings. The molecule has 6 nitrogen and oxygen atoms in total. The largest absolute Gasteiger partial charge is 0.373 e. The van der Waals surface area contributed by atoms with E-state index in [9.17, 15) is 13.2 Å². The topological polar surface area (TPSA) is 66.9 Å². The van der Waals surface area contributed by atoms with Crippen LogP contribution in [-0.2, 0) is 14.8 Å². The van der Waals surface area contributed by atoms with Crippen molar-refractivity contribution in [2.24, 2.45) is 0 Å². The molecule has 0 aliphatic carbocycles. The number of sulfonamides is 1. The SMILES string of the molecule is C[C@@H]1CN(S(=O)(=O)c2ccc(C(=O)N3CCCC[C@H]3C)cc2)C[C@@H](C)O1. The van der Waals surface area contributed by atoms with Crippen molar-refractivity contribution in [3.05, 3.63) is 29.8 Å². The van der Waals surface area contributed by atoms with Gasteiger partial charge in [0.15, 0.2) is 0 Å². The van der Waals surface area contributed by atoms with Crippen LogP contribution >= 0.6 is 0 Å². The average Bonchev–Trinajstić information content (AvgIpc) is 2.61. The molecule has 2 heterocycles.